The van der Waals surface area contributed by atoms with E-state index in [2.05, 4.69) is 13.8 Å². The second-order valence-corrected chi connectivity index (χ2v) is 5.69. The number of pyridine rings is 1. The normalized spacial score (nSPS) is 11.0. The molecule has 0 fully saturated rings. The molecule has 118 valence electrons. The lowest BCUT2D eigenvalue weighted by molar-refractivity contribution is 0.341. The summed E-state index contributed by atoms with van der Waals surface area (Å²) >= 11 is 0. The van der Waals surface area contributed by atoms with Gasteiger partial charge in [-0.3, -0.25) is 4.79 Å². The Morgan fingerprint density at radius 1 is 1.18 bits per heavy atom. The van der Waals surface area contributed by atoms with Crippen molar-refractivity contribution in [1.29, 1.82) is 0 Å². The van der Waals surface area contributed by atoms with Crippen molar-refractivity contribution in [2.45, 2.75) is 33.9 Å². The summed E-state index contributed by atoms with van der Waals surface area (Å²) < 4.78 is 7.52. The van der Waals surface area contributed by atoms with Crippen molar-refractivity contribution in [3.8, 4) is 17.0 Å². The molecule has 0 aliphatic carbocycles. The predicted octanol–water partition coefficient (Wildman–Crippen LogP) is 3.03. The van der Waals surface area contributed by atoms with Crippen molar-refractivity contribution in [3.05, 3.63) is 52.3 Å². The summed E-state index contributed by atoms with van der Waals surface area (Å²) in [5.41, 5.74) is 8.11. The Morgan fingerprint density at radius 2 is 1.91 bits per heavy atom. The van der Waals surface area contributed by atoms with Gasteiger partial charge in [0.05, 0.1) is 12.3 Å². The average Bonchev–Trinajstić information content (AvgIpc) is 2.50. The molecule has 0 spiro atoms. The van der Waals surface area contributed by atoms with Gasteiger partial charge in [-0.1, -0.05) is 32.0 Å². The molecule has 0 bridgehead atoms. The van der Waals surface area contributed by atoms with Crippen LogP contribution in [0.4, 0.5) is 0 Å². The first kappa shape index (κ1) is 16.3. The topological polar surface area (TPSA) is 57.2 Å². The first-order valence-corrected chi connectivity index (χ1v) is 7.73. The van der Waals surface area contributed by atoms with Crippen LogP contribution in [0.5, 0.6) is 5.75 Å². The standard InChI is InChI=1S/C18H24N2O2/c1-4-22-17-8-6-5-7-15(17)16-10-9-14(11-19)18(21)20(16)12-13(2)3/h5-10,13H,4,11-12,19H2,1-3H3. The van der Waals surface area contributed by atoms with Crippen LogP contribution in [0.15, 0.2) is 41.2 Å². The highest BCUT2D eigenvalue weighted by atomic mass is 16.5. The smallest absolute Gasteiger partial charge is 0.255 e. The molecule has 0 saturated heterocycles. The number of benzene rings is 1. The lowest BCUT2D eigenvalue weighted by Crippen LogP contribution is -2.28. The predicted molar refractivity (Wildman–Crippen MR) is 90.0 cm³/mol. The summed E-state index contributed by atoms with van der Waals surface area (Å²) in [5, 5.41) is 0. The molecular formula is C18H24N2O2. The third-order valence-corrected chi connectivity index (χ3v) is 3.48. The fraction of sp³-hybridized carbons (Fsp3) is 0.389. The van der Waals surface area contributed by atoms with Crippen LogP contribution in [0, 0.1) is 5.92 Å². The summed E-state index contributed by atoms with van der Waals surface area (Å²) in [6.07, 6.45) is 0. The highest BCUT2D eigenvalue weighted by Crippen LogP contribution is 2.29. The Bertz CT molecular complexity index is 690. The molecule has 2 N–H and O–H groups in total. The molecule has 0 aliphatic rings. The Hall–Kier alpha value is -2.07. The van der Waals surface area contributed by atoms with Crippen molar-refractivity contribution >= 4 is 0 Å². The van der Waals surface area contributed by atoms with Crippen LogP contribution in [0.1, 0.15) is 26.3 Å². The van der Waals surface area contributed by atoms with Gasteiger partial charge in [-0.05, 0) is 31.0 Å². The Balaban J connectivity index is 2.65. The van der Waals surface area contributed by atoms with E-state index >= 15 is 0 Å². The van der Waals surface area contributed by atoms with Gasteiger partial charge >= 0.3 is 0 Å². The number of nitrogens with zero attached hydrogens (tertiary/aromatic N) is 1. The third-order valence-electron chi connectivity index (χ3n) is 3.48. The maximum Gasteiger partial charge on any atom is 0.255 e. The summed E-state index contributed by atoms with van der Waals surface area (Å²) in [6, 6.07) is 11.6. The van der Waals surface area contributed by atoms with Crippen LogP contribution in [-0.2, 0) is 13.1 Å². The molecule has 2 rings (SSSR count). The number of rotatable bonds is 6. The molecule has 4 nitrogen and oxygen atoms in total. The van der Waals surface area contributed by atoms with E-state index < -0.39 is 0 Å². The van der Waals surface area contributed by atoms with E-state index in [-0.39, 0.29) is 12.1 Å². The molecule has 0 unspecified atom stereocenters. The van der Waals surface area contributed by atoms with Crippen LogP contribution in [0.3, 0.4) is 0 Å². The van der Waals surface area contributed by atoms with Gasteiger partial charge in [0.1, 0.15) is 5.75 Å². The zero-order valence-electron chi connectivity index (χ0n) is 13.5. The van der Waals surface area contributed by atoms with Crippen molar-refractivity contribution in [2.75, 3.05) is 6.61 Å². The molecule has 1 aromatic heterocycles. The molecule has 0 radical (unpaired) electrons. The van der Waals surface area contributed by atoms with Crippen molar-refractivity contribution in [2.24, 2.45) is 11.7 Å². The van der Waals surface area contributed by atoms with Crippen molar-refractivity contribution < 1.29 is 4.74 Å². The van der Waals surface area contributed by atoms with Gasteiger partial charge in [0, 0.05) is 24.2 Å². The number of para-hydroxylation sites is 1. The quantitative estimate of drug-likeness (QED) is 0.892. The van der Waals surface area contributed by atoms with Gasteiger partial charge in [-0.2, -0.15) is 0 Å². The largest absolute Gasteiger partial charge is 0.493 e. The van der Waals surface area contributed by atoms with Crippen LogP contribution >= 0.6 is 0 Å². The van der Waals surface area contributed by atoms with Crippen LogP contribution in [-0.4, -0.2) is 11.2 Å². The minimum Gasteiger partial charge on any atom is -0.493 e. The Kier molecular flexibility index (Phi) is 5.39. The van der Waals surface area contributed by atoms with Gasteiger partial charge in [-0.25, -0.2) is 0 Å². The Labute approximate surface area is 131 Å². The van der Waals surface area contributed by atoms with E-state index in [4.69, 9.17) is 10.5 Å². The summed E-state index contributed by atoms with van der Waals surface area (Å²) in [5.74, 6) is 1.16. The minimum atomic E-state index is -0.0139. The second-order valence-electron chi connectivity index (χ2n) is 5.69. The highest BCUT2D eigenvalue weighted by Gasteiger charge is 2.14. The number of hydrogen-bond donors (Lipinski definition) is 1. The average molecular weight is 300 g/mol. The molecule has 22 heavy (non-hydrogen) atoms. The van der Waals surface area contributed by atoms with E-state index in [0.29, 0.717) is 24.6 Å². The zero-order chi connectivity index (χ0) is 16.1. The minimum absolute atomic E-state index is 0.0139. The molecule has 0 aliphatic heterocycles. The fourth-order valence-electron chi connectivity index (χ4n) is 2.52. The fourth-order valence-corrected chi connectivity index (χ4v) is 2.52. The van der Waals surface area contributed by atoms with E-state index in [1.54, 1.807) is 0 Å². The maximum absolute atomic E-state index is 12.6. The zero-order valence-corrected chi connectivity index (χ0v) is 13.5. The van der Waals surface area contributed by atoms with E-state index in [1.807, 2.05) is 47.9 Å². The van der Waals surface area contributed by atoms with E-state index in [9.17, 15) is 4.79 Å². The lowest BCUT2D eigenvalue weighted by Gasteiger charge is -2.18. The van der Waals surface area contributed by atoms with Gasteiger partial charge in [-0.15, -0.1) is 0 Å². The van der Waals surface area contributed by atoms with E-state index in [0.717, 1.165) is 17.0 Å². The molecule has 4 heteroatoms. The number of nitrogens with two attached hydrogens (primary N) is 1. The lowest BCUT2D eigenvalue weighted by atomic mass is 10.1. The maximum atomic E-state index is 12.6. The molecular weight excluding hydrogens is 276 g/mol. The Morgan fingerprint density at radius 3 is 2.55 bits per heavy atom. The van der Waals surface area contributed by atoms with Crippen LogP contribution < -0.4 is 16.0 Å². The van der Waals surface area contributed by atoms with Crippen LogP contribution in [0.25, 0.3) is 11.3 Å². The number of hydrogen-bond acceptors (Lipinski definition) is 3. The third kappa shape index (κ3) is 3.39. The number of aromatic nitrogens is 1. The molecule has 2 aromatic rings. The summed E-state index contributed by atoms with van der Waals surface area (Å²) in [7, 11) is 0. The van der Waals surface area contributed by atoms with E-state index in [1.165, 1.54) is 0 Å². The molecule has 0 atom stereocenters. The summed E-state index contributed by atoms with van der Waals surface area (Å²) in [4.78, 5) is 12.6. The first-order valence-electron chi connectivity index (χ1n) is 7.73. The van der Waals surface area contributed by atoms with Gasteiger partial charge in [0.15, 0.2) is 0 Å². The molecule has 0 amide bonds. The molecule has 1 aromatic carbocycles. The highest BCUT2D eigenvalue weighted by molar-refractivity contribution is 5.67. The first-order chi connectivity index (χ1) is 10.6. The van der Waals surface area contributed by atoms with Crippen molar-refractivity contribution in [3.63, 3.8) is 0 Å². The molecule has 0 saturated carbocycles. The second kappa shape index (κ2) is 7.27. The number of ether oxygens (including phenoxy) is 1. The summed E-state index contributed by atoms with van der Waals surface area (Å²) in [6.45, 7) is 7.65. The van der Waals surface area contributed by atoms with Gasteiger partial charge < -0.3 is 15.0 Å². The molecule has 1 heterocycles. The van der Waals surface area contributed by atoms with Crippen LogP contribution in [0.2, 0.25) is 0 Å². The monoisotopic (exact) mass is 300 g/mol. The van der Waals surface area contributed by atoms with Gasteiger partial charge in [0.25, 0.3) is 5.56 Å². The SMILES string of the molecule is CCOc1ccccc1-c1ccc(CN)c(=O)n1CC(C)C. The van der Waals surface area contributed by atoms with Crippen molar-refractivity contribution in [1.82, 2.24) is 4.57 Å². The van der Waals surface area contributed by atoms with Gasteiger partial charge in [0.2, 0.25) is 0 Å².